The molecule has 8 heteroatoms. The van der Waals surface area contributed by atoms with E-state index in [1.807, 2.05) is 0 Å². The molecule has 0 bridgehead atoms. The monoisotopic (exact) mass is 267 g/mol. The van der Waals surface area contributed by atoms with Crippen LogP contribution in [0.5, 0.6) is 5.75 Å². The van der Waals surface area contributed by atoms with Gasteiger partial charge in [0.25, 0.3) is 0 Å². The van der Waals surface area contributed by atoms with Gasteiger partial charge in [-0.2, -0.15) is 21.6 Å². The third kappa shape index (κ3) is 2.37. The fourth-order valence-corrected chi connectivity index (χ4v) is 1.95. The molecule has 0 atom stereocenters. The van der Waals surface area contributed by atoms with Gasteiger partial charge in [0, 0.05) is 13.1 Å². The summed E-state index contributed by atoms with van der Waals surface area (Å²) in [6, 6.07) is 4.03. The largest absolute Gasteiger partial charge is 0.534 e. The van der Waals surface area contributed by atoms with Crippen LogP contribution in [-0.4, -0.2) is 13.9 Å². The average Bonchev–Trinajstić information content (AvgIpc) is 2.62. The number of benzene rings is 1. The summed E-state index contributed by atoms with van der Waals surface area (Å²) in [6.07, 6.45) is 0. The molecule has 0 unspecified atom stereocenters. The molecule has 0 amide bonds. The van der Waals surface area contributed by atoms with Crippen molar-refractivity contribution >= 4 is 10.1 Å². The third-order valence-electron chi connectivity index (χ3n) is 2.30. The van der Waals surface area contributed by atoms with Crippen LogP contribution in [0.25, 0.3) is 0 Å². The second-order valence-corrected chi connectivity index (χ2v) is 5.06. The molecule has 0 aliphatic carbocycles. The maximum Gasteiger partial charge on any atom is 0.534 e. The molecule has 0 saturated carbocycles. The Morgan fingerprint density at radius 1 is 1.18 bits per heavy atom. The van der Waals surface area contributed by atoms with Crippen molar-refractivity contribution in [1.82, 2.24) is 5.32 Å². The van der Waals surface area contributed by atoms with E-state index in [1.165, 1.54) is 18.2 Å². The van der Waals surface area contributed by atoms with Gasteiger partial charge in [0.05, 0.1) is 0 Å². The first kappa shape index (κ1) is 12.2. The molecule has 1 aromatic carbocycles. The van der Waals surface area contributed by atoms with E-state index < -0.39 is 15.6 Å². The van der Waals surface area contributed by atoms with Gasteiger partial charge in [-0.25, -0.2) is 0 Å². The molecule has 0 spiro atoms. The van der Waals surface area contributed by atoms with Crippen LogP contribution in [0.15, 0.2) is 18.2 Å². The lowest BCUT2D eigenvalue weighted by Gasteiger charge is -2.10. The average molecular weight is 267 g/mol. The zero-order valence-electron chi connectivity index (χ0n) is 8.41. The van der Waals surface area contributed by atoms with Crippen molar-refractivity contribution in [2.75, 3.05) is 0 Å². The molecule has 4 nitrogen and oxygen atoms in total. The minimum atomic E-state index is -5.59. The number of hydrogen-bond donors (Lipinski definition) is 1. The Bertz CT molecular complexity index is 539. The van der Waals surface area contributed by atoms with Gasteiger partial charge in [-0.3, -0.25) is 0 Å². The van der Waals surface area contributed by atoms with E-state index in [9.17, 15) is 21.6 Å². The summed E-state index contributed by atoms with van der Waals surface area (Å²) >= 11 is 0. The number of halogens is 3. The third-order valence-corrected chi connectivity index (χ3v) is 3.28. The Labute approximate surface area is 95.5 Å². The van der Waals surface area contributed by atoms with Gasteiger partial charge in [0.1, 0.15) is 5.75 Å². The van der Waals surface area contributed by atoms with Crippen LogP contribution >= 0.6 is 0 Å². The highest BCUT2D eigenvalue weighted by molar-refractivity contribution is 7.87. The van der Waals surface area contributed by atoms with Gasteiger partial charge in [-0.15, -0.1) is 0 Å². The second kappa shape index (κ2) is 3.88. The predicted molar refractivity (Wildman–Crippen MR) is 52.6 cm³/mol. The van der Waals surface area contributed by atoms with Crippen LogP contribution in [0.3, 0.4) is 0 Å². The highest BCUT2D eigenvalue weighted by Gasteiger charge is 2.48. The molecule has 1 N–H and O–H groups in total. The summed E-state index contributed by atoms with van der Waals surface area (Å²) < 4.78 is 61.7. The number of alkyl halides is 3. The quantitative estimate of drug-likeness (QED) is 0.652. The molecule has 17 heavy (non-hydrogen) atoms. The summed E-state index contributed by atoms with van der Waals surface area (Å²) in [4.78, 5) is 0. The Morgan fingerprint density at radius 3 is 2.47 bits per heavy atom. The highest BCUT2D eigenvalue weighted by Crippen LogP contribution is 2.28. The van der Waals surface area contributed by atoms with Crippen LogP contribution in [0.2, 0.25) is 0 Å². The molecule has 0 radical (unpaired) electrons. The minimum Gasteiger partial charge on any atom is -0.376 e. The Hall–Kier alpha value is -1.28. The lowest BCUT2D eigenvalue weighted by Crippen LogP contribution is -2.28. The van der Waals surface area contributed by atoms with Gasteiger partial charge in [0.2, 0.25) is 0 Å². The molecule has 2 rings (SSSR count). The molecular formula is C9H8F3NO3S. The fraction of sp³-hybridized carbons (Fsp3) is 0.333. The first-order valence-electron chi connectivity index (χ1n) is 4.63. The second-order valence-electron chi connectivity index (χ2n) is 3.52. The van der Waals surface area contributed by atoms with Gasteiger partial charge in [0.15, 0.2) is 0 Å². The van der Waals surface area contributed by atoms with Crippen LogP contribution in [0, 0.1) is 0 Å². The van der Waals surface area contributed by atoms with Crippen LogP contribution in [-0.2, 0) is 23.2 Å². The lowest BCUT2D eigenvalue weighted by molar-refractivity contribution is -0.0500. The Morgan fingerprint density at radius 2 is 1.82 bits per heavy atom. The van der Waals surface area contributed by atoms with Gasteiger partial charge in [-0.05, 0) is 23.3 Å². The van der Waals surface area contributed by atoms with Crippen LogP contribution in [0.4, 0.5) is 13.2 Å². The predicted octanol–water partition coefficient (Wildman–Crippen LogP) is 1.52. The summed E-state index contributed by atoms with van der Waals surface area (Å²) in [5.41, 5.74) is -3.76. The number of rotatable bonds is 2. The zero-order valence-corrected chi connectivity index (χ0v) is 9.23. The van der Waals surface area contributed by atoms with Gasteiger partial charge in [-0.1, -0.05) is 6.07 Å². The van der Waals surface area contributed by atoms with Crippen molar-refractivity contribution in [3.8, 4) is 5.75 Å². The van der Waals surface area contributed by atoms with Crippen molar-refractivity contribution in [2.45, 2.75) is 18.6 Å². The summed E-state index contributed by atoms with van der Waals surface area (Å²) in [7, 11) is -5.59. The molecule has 1 heterocycles. The summed E-state index contributed by atoms with van der Waals surface area (Å²) in [5, 5.41) is 2.98. The van der Waals surface area contributed by atoms with Crippen molar-refractivity contribution in [2.24, 2.45) is 0 Å². The van der Waals surface area contributed by atoms with E-state index in [4.69, 9.17) is 0 Å². The van der Waals surface area contributed by atoms with E-state index >= 15 is 0 Å². The topological polar surface area (TPSA) is 55.4 Å². The maximum atomic E-state index is 12.1. The fourth-order valence-electron chi connectivity index (χ4n) is 1.50. The number of fused-ring (bicyclic) bond motifs is 1. The van der Waals surface area contributed by atoms with Crippen LogP contribution in [0.1, 0.15) is 11.1 Å². The normalized spacial score (nSPS) is 15.7. The molecule has 0 aromatic heterocycles. The van der Waals surface area contributed by atoms with Gasteiger partial charge >= 0.3 is 15.6 Å². The molecule has 94 valence electrons. The number of hydrogen-bond acceptors (Lipinski definition) is 4. The first-order chi connectivity index (χ1) is 7.79. The maximum absolute atomic E-state index is 12.1. The first-order valence-corrected chi connectivity index (χ1v) is 6.04. The Kier molecular flexibility index (Phi) is 2.78. The number of nitrogens with one attached hydrogen (secondary N) is 1. The lowest BCUT2D eigenvalue weighted by atomic mass is 10.1. The molecule has 0 fully saturated rings. The van der Waals surface area contributed by atoms with E-state index in [-0.39, 0.29) is 5.75 Å². The SMILES string of the molecule is O=S(=O)(Oc1ccc2c(c1)CNC2)C(F)(F)F. The standard InChI is InChI=1S/C9H8F3NO3S/c10-9(11,12)17(14,15)16-8-2-1-6-4-13-5-7(6)3-8/h1-3,13H,4-5H2. The minimum absolute atomic E-state index is 0.329. The van der Waals surface area contributed by atoms with Crippen molar-refractivity contribution in [3.05, 3.63) is 29.3 Å². The molecular weight excluding hydrogens is 259 g/mol. The summed E-state index contributed by atoms with van der Waals surface area (Å²) in [6.45, 7) is 1.10. The van der Waals surface area contributed by atoms with Crippen molar-refractivity contribution in [1.29, 1.82) is 0 Å². The van der Waals surface area contributed by atoms with Crippen LogP contribution < -0.4 is 9.50 Å². The van der Waals surface area contributed by atoms with E-state index in [0.29, 0.717) is 13.1 Å². The molecule has 1 aliphatic rings. The zero-order chi connectivity index (χ0) is 12.7. The smallest absolute Gasteiger partial charge is 0.376 e. The summed E-state index contributed by atoms with van der Waals surface area (Å²) in [5.74, 6) is -0.329. The van der Waals surface area contributed by atoms with Crippen molar-refractivity contribution in [3.63, 3.8) is 0 Å². The van der Waals surface area contributed by atoms with E-state index in [0.717, 1.165) is 11.1 Å². The molecule has 0 saturated heterocycles. The highest BCUT2D eigenvalue weighted by atomic mass is 32.2. The van der Waals surface area contributed by atoms with E-state index in [1.54, 1.807) is 0 Å². The Balaban J connectivity index is 2.26. The van der Waals surface area contributed by atoms with Crippen molar-refractivity contribution < 1.29 is 25.8 Å². The molecule has 1 aliphatic heterocycles. The van der Waals surface area contributed by atoms with E-state index in [2.05, 4.69) is 9.50 Å². The van der Waals surface area contributed by atoms with Gasteiger partial charge < -0.3 is 9.50 Å². The molecule has 1 aromatic rings.